The van der Waals surface area contributed by atoms with Gasteiger partial charge in [0.25, 0.3) is 5.56 Å². The van der Waals surface area contributed by atoms with Gasteiger partial charge in [-0.2, -0.15) is 0 Å². The summed E-state index contributed by atoms with van der Waals surface area (Å²) in [4.78, 5) is 73.6. The van der Waals surface area contributed by atoms with Crippen molar-refractivity contribution in [3.05, 3.63) is 69.0 Å². The number of amides is 2. The minimum absolute atomic E-state index is 0.0581. The highest BCUT2D eigenvalue weighted by atomic mass is 31.2. The van der Waals surface area contributed by atoms with Gasteiger partial charge in [0.2, 0.25) is 11.8 Å². The van der Waals surface area contributed by atoms with E-state index in [4.69, 9.17) is 28.2 Å². The van der Waals surface area contributed by atoms with Crippen molar-refractivity contribution >= 4 is 25.8 Å². The third-order valence-corrected chi connectivity index (χ3v) is 11.0. The molecule has 60 heavy (non-hydrogen) atoms. The molecule has 0 radical (unpaired) electrons. The number of ether oxygens (including phenoxy) is 5. The van der Waals surface area contributed by atoms with E-state index in [0.29, 0.717) is 45.1 Å². The molecule has 3 heterocycles. The van der Waals surface area contributed by atoms with E-state index in [9.17, 15) is 48.8 Å². The zero-order valence-electron chi connectivity index (χ0n) is 33.6. The molecule has 2 aliphatic heterocycles. The van der Waals surface area contributed by atoms with E-state index in [2.05, 4.69) is 20.1 Å². The van der Waals surface area contributed by atoms with Crippen LogP contribution in [0.25, 0.3) is 0 Å². The fourth-order valence-corrected chi connectivity index (χ4v) is 7.62. The highest BCUT2D eigenvalue weighted by Gasteiger charge is 2.50. The van der Waals surface area contributed by atoms with Crippen LogP contribution in [0.3, 0.4) is 0 Å². The number of aromatic nitrogens is 2. The molecular formula is C38H57N4O17P. The van der Waals surface area contributed by atoms with E-state index in [1.54, 1.807) is 24.3 Å². The van der Waals surface area contributed by atoms with Gasteiger partial charge in [-0.25, -0.2) is 14.2 Å². The van der Waals surface area contributed by atoms with E-state index in [0.717, 1.165) is 36.1 Å². The van der Waals surface area contributed by atoms with E-state index >= 15 is 0 Å². The number of aromatic amines is 1. The first-order chi connectivity index (χ1) is 28.7. The number of rotatable bonds is 24. The number of unbranched alkanes of at least 4 members (excludes halogenated alkanes) is 5. The molecule has 2 aromatic rings. The molecule has 4 rings (SSSR count). The maximum atomic E-state index is 12.8. The summed E-state index contributed by atoms with van der Waals surface area (Å²) in [6.45, 7) is 0.775. The monoisotopic (exact) mass is 872 g/mol. The quantitative estimate of drug-likeness (QED) is 0.0442. The summed E-state index contributed by atoms with van der Waals surface area (Å²) in [5, 5.41) is 35.3. The molecule has 2 aliphatic rings. The number of aliphatic hydroxyl groups is 3. The second-order valence-electron chi connectivity index (χ2n) is 14.5. The lowest BCUT2D eigenvalue weighted by Crippen LogP contribution is -2.64. The Hall–Kier alpha value is -4.02. The normalized spacial score (nSPS) is 26.2. The van der Waals surface area contributed by atoms with Gasteiger partial charge in [0, 0.05) is 51.8 Å². The average Bonchev–Trinajstić information content (AvgIpc) is 3.54. The van der Waals surface area contributed by atoms with Crippen LogP contribution in [0.15, 0.2) is 52.2 Å². The Morgan fingerprint density at radius 1 is 0.933 bits per heavy atom. The van der Waals surface area contributed by atoms with Crippen LogP contribution in [0, 0.1) is 5.92 Å². The fraction of sp³-hybridized carbons (Fsp3) is 0.658. The molecule has 21 nitrogen and oxygen atoms in total. The number of carbonyl (C=O) groups is 3. The van der Waals surface area contributed by atoms with Gasteiger partial charge in [0.05, 0.1) is 6.61 Å². The first kappa shape index (κ1) is 48.6. The molecule has 10 atom stereocenters. The van der Waals surface area contributed by atoms with Crippen LogP contribution >= 0.6 is 7.82 Å². The lowest BCUT2D eigenvalue weighted by atomic mass is 9.93. The van der Waals surface area contributed by atoms with E-state index in [-0.39, 0.29) is 25.5 Å². The Kier molecular flexibility index (Phi) is 19.8. The van der Waals surface area contributed by atoms with E-state index in [1.807, 2.05) is 6.07 Å². The second kappa shape index (κ2) is 24.4. The minimum Gasteiger partial charge on any atom is -0.431 e. The molecule has 2 fully saturated rings. The number of hydrogen-bond donors (Lipinski definition) is 7. The predicted octanol–water partition coefficient (Wildman–Crippen LogP) is 1.12. The summed E-state index contributed by atoms with van der Waals surface area (Å²) >= 11 is 0. The highest BCUT2D eigenvalue weighted by Crippen LogP contribution is 2.50. The molecule has 0 bridgehead atoms. The predicted molar refractivity (Wildman–Crippen MR) is 209 cm³/mol. The molecule has 0 aliphatic carbocycles. The molecule has 0 saturated carbocycles. The molecule has 1 aromatic heterocycles. The topological polar surface area (TPSA) is 293 Å². The summed E-state index contributed by atoms with van der Waals surface area (Å²) in [6, 6.07) is 9.00. The molecular weight excluding hydrogens is 815 g/mol. The molecule has 1 aromatic carbocycles. The number of nitrogens with one attached hydrogen (secondary N) is 3. The first-order valence-corrected chi connectivity index (χ1v) is 21.4. The van der Waals surface area contributed by atoms with Crippen molar-refractivity contribution in [2.24, 2.45) is 5.92 Å². The fourth-order valence-electron chi connectivity index (χ4n) is 6.94. The zero-order chi connectivity index (χ0) is 43.7. The maximum Gasteiger partial charge on any atom is 0.508 e. The van der Waals surface area contributed by atoms with Gasteiger partial charge in [-0.05, 0) is 31.2 Å². The van der Waals surface area contributed by atoms with Crippen molar-refractivity contribution in [3.8, 4) is 0 Å². The Morgan fingerprint density at radius 3 is 2.37 bits per heavy atom. The molecule has 2 unspecified atom stereocenters. The lowest BCUT2D eigenvalue weighted by molar-refractivity contribution is -0.270. The largest absolute Gasteiger partial charge is 0.508 e. The number of hydrogen-bond acceptors (Lipinski definition) is 16. The van der Waals surface area contributed by atoms with Crippen LogP contribution in [-0.4, -0.2) is 124 Å². The van der Waals surface area contributed by atoms with Gasteiger partial charge in [0.15, 0.2) is 6.29 Å². The molecule has 2 saturated heterocycles. The van der Waals surface area contributed by atoms with Crippen LogP contribution in [0.1, 0.15) is 76.5 Å². The second-order valence-corrected chi connectivity index (χ2v) is 16.0. The van der Waals surface area contributed by atoms with Gasteiger partial charge in [-0.15, -0.1) is 0 Å². The summed E-state index contributed by atoms with van der Waals surface area (Å²) in [5.74, 6) is -1.33. The number of carbonyl (C=O) groups excluding carboxylic acids is 3. The van der Waals surface area contributed by atoms with E-state index in [1.165, 1.54) is 13.1 Å². The van der Waals surface area contributed by atoms with Gasteiger partial charge >= 0.3 is 19.7 Å². The van der Waals surface area contributed by atoms with Crippen molar-refractivity contribution in [2.75, 3.05) is 33.5 Å². The van der Waals surface area contributed by atoms with Crippen LogP contribution in [0.5, 0.6) is 0 Å². The summed E-state index contributed by atoms with van der Waals surface area (Å²) in [6.07, 6.45) is -3.11. The van der Waals surface area contributed by atoms with Crippen molar-refractivity contribution < 1.29 is 71.9 Å². The van der Waals surface area contributed by atoms with Crippen molar-refractivity contribution in [1.82, 2.24) is 20.2 Å². The number of phosphoric acid groups is 1. The van der Waals surface area contributed by atoms with Gasteiger partial charge in [-0.1, -0.05) is 56.0 Å². The number of nitrogens with zero attached hydrogens (tertiary/aromatic N) is 1. The van der Waals surface area contributed by atoms with Crippen molar-refractivity contribution in [1.29, 1.82) is 0 Å². The van der Waals surface area contributed by atoms with Crippen LogP contribution in [0.4, 0.5) is 4.79 Å². The van der Waals surface area contributed by atoms with Crippen molar-refractivity contribution in [3.63, 3.8) is 0 Å². The third kappa shape index (κ3) is 15.2. The zero-order valence-corrected chi connectivity index (χ0v) is 34.5. The Labute approximate surface area is 346 Å². The summed E-state index contributed by atoms with van der Waals surface area (Å²) in [5.41, 5.74) is -0.685. The number of aliphatic hydroxyl groups excluding tert-OH is 3. The Balaban J connectivity index is 1.21. The Bertz CT molecular complexity index is 1810. The van der Waals surface area contributed by atoms with Crippen LogP contribution < -0.4 is 21.9 Å². The molecule has 0 spiro atoms. The number of H-pyrrole nitrogens is 1. The smallest absolute Gasteiger partial charge is 0.431 e. The summed E-state index contributed by atoms with van der Waals surface area (Å²) in [7, 11) is -3.61. The van der Waals surface area contributed by atoms with Gasteiger partial charge < -0.3 is 54.5 Å². The van der Waals surface area contributed by atoms with Crippen LogP contribution in [0.2, 0.25) is 0 Å². The molecule has 2 amide bonds. The molecule has 336 valence electrons. The first-order valence-electron chi connectivity index (χ1n) is 19.9. The highest BCUT2D eigenvalue weighted by molar-refractivity contribution is 7.47. The lowest BCUT2D eigenvalue weighted by Gasteiger charge is -2.42. The third-order valence-electron chi connectivity index (χ3n) is 10.0. The van der Waals surface area contributed by atoms with Crippen LogP contribution in [-0.2, 0) is 53.5 Å². The summed E-state index contributed by atoms with van der Waals surface area (Å²) < 4.78 is 51.8. The Morgan fingerprint density at radius 2 is 1.67 bits per heavy atom. The van der Waals surface area contributed by atoms with Gasteiger partial charge in [-0.3, -0.25) is 33.0 Å². The molecule has 7 N–H and O–H groups in total. The standard InChI is InChI=1S/C38H57N4O17P/c1-24(44)40-31-33(48)32(47)27(21-43)58-36(31)54-20-12-10-16-29(45)39-18-11-5-3-4-9-15-26-34(59-60(51,52)53-2)28(57-35(26)42-19-17-30(46)41-37(42)49)23-56-38(50)55-22-25-13-7-6-8-14-25/h6-8,13-14,17,19,26-28,31-36,43,47-48H,3-5,9-12,15-16,18,20-23H2,1-2H3,(H,39,45)(H,40,44)(H,51,52)(H,41,46,49)/t26-,27+,28+,31+,32-,33+,34?,35+,36+/m0/s1. The van der Waals surface area contributed by atoms with Crippen molar-refractivity contribution in [2.45, 2.75) is 120 Å². The van der Waals surface area contributed by atoms with E-state index < -0.39 is 99.3 Å². The SMILES string of the molecule is COP(=O)(O)OC1[C@@H](COC(=O)OCc2ccccc2)O[C@@H](n2ccc(=O)[nH]c2=O)[C@H]1CCCCCCCNC(=O)CCCCO[C@@H]1O[C@H](CO)[C@H](O)[C@H](O)[C@H]1NC(C)=O. The number of phosphoric ester groups is 1. The molecule has 22 heteroatoms. The minimum atomic E-state index is -4.61. The average molecular weight is 873 g/mol. The number of benzene rings is 1. The van der Waals surface area contributed by atoms with Gasteiger partial charge in [0.1, 0.15) is 56.0 Å². The maximum absolute atomic E-state index is 12.8.